The minimum atomic E-state index is -0.122. The van der Waals surface area contributed by atoms with Gasteiger partial charge in [0.25, 0.3) is 0 Å². The van der Waals surface area contributed by atoms with Crippen LogP contribution in [0.5, 0.6) is 0 Å². The molecular weight excluding hydrogens is 244 g/mol. The van der Waals surface area contributed by atoms with Gasteiger partial charge in [0, 0.05) is 25.0 Å². The van der Waals surface area contributed by atoms with Gasteiger partial charge in [-0.3, -0.25) is 4.79 Å². The van der Waals surface area contributed by atoms with Gasteiger partial charge in [-0.1, -0.05) is 25.1 Å². The first kappa shape index (κ1) is 13.2. The molecular formula is C13H16N4O2. The van der Waals surface area contributed by atoms with Crippen molar-refractivity contribution in [1.29, 1.82) is 0 Å². The number of rotatable bonds is 5. The highest BCUT2D eigenvalue weighted by molar-refractivity contribution is 5.89. The van der Waals surface area contributed by atoms with Crippen molar-refractivity contribution in [2.75, 3.05) is 5.32 Å². The van der Waals surface area contributed by atoms with Crippen LogP contribution in [0.25, 0.3) is 0 Å². The van der Waals surface area contributed by atoms with E-state index in [1.807, 2.05) is 19.9 Å². The van der Waals surface area contributed by atoms with Crippen molar-refractivity contribution in [2.24, 2.45) is 0 Å². The molecule has 19 heavy (non-hydrogen) atoms. The van der Waals surface area contributed by atoms with Crippen molar-refractivity contribution in [3.05, 3.63) is 36.1 Å². The lowest BCUT2D eigenvalue weighted by atomic mass is 10.2. The standard InChI is InChI=1S/C13H16N4O2/c1-9(2)13-16-12(19-17-13)7-6-11(18)15-10-5-3-4-8-14-10/h3-5,8-9H,6-7H2,1-2H3,(H,14,15,18). The fourth-order valence-corrected chi connectivity index (χ4v) is 1.47. The van der Waals surface area contributed by atoms with Gasteiger partial charge in [-0.2, -0.15) is 4.98 Å². The van der Waals surface area contributed by atoms with Crippen LogP contribution in [0.4, 0.5) is 5.82 Å². The van der Waals surface area contributed by atoms with Gasteiger partial charge in [-0.15, -0.1) is 0 Å². The Labute approximate surface area is 111 Å². The summed E-state index contributed by atoms with van der Waals surface area (Å²) < 4.78 is 5.07. The van der Waals surface area contributed by atoms with E-state index in [1.165, 1.54) is 0 Å². The van der Waals surface area contributed by atoms with Crippen molar-refractivity contribution in [2.45, 2.75) is 32.6 Å². The number of carbonyl (C=O) groups is 1. The number of nitrogens with one attached hydrogen (secondary N) is 1. The molecule has 2 aromatic heterocycles. The predicted molar refractivity (Wildman–Crippen MR) is 69.6 cm³/mol. The molecule has 6 nitrogen and oxygen atoms in total. The molecule has 0 aliphatic rings. The second kappa shape index (κ2) is 6.08. The summed E-state index contributed by atoms with van der Waals surface area (Å²) in [6, 6.07) is 5.35. The van der Waals surface area contributed by atoms with Gasteiger partial charge in [0.2, 0.25) is 11.8 Å². The highest BCUT2D eigenvalue weighted by atomic mass is 16.5. The summed E-state index contributed by atoms with van der Waals surface area (Å²) in [6.07, 6.45) is 2.34. The lowest BCUT2D eigenvalue weighted by Crippen LogP contribution is -2.13. The first-order valence-corrected chi connectivity index (χ1v) is 6.18. The number of hydrogen-bond donors (Lipinski definition) is 1. The fourth-order valence-electron chi connectivity index (χ4n) is 1.47. The quantitative estimate of drug-likeness (QED) is 0.890. The largest absolute Gasteiger partial charge is 0.339 e. The summed E-state index contributed by atoms with van der Waals surface area (Å²) in [6.45, 7) is 3.98. The number of amides is 1. The lowest BCUT2D eigenvalue weighted by molar-refractivity contribution is -0.116. The Balaban J connectivity index is 1.83. The third kappa shape index (κ3) is 3.87. The van der Waals surface area contributed by atoms with E-state index < -0.39 is 0 Å². The summed E-state index contributed by atoms with van der Waals surface area (Å²) in [5, 5.41) is 6.55. The van der Waals surface area contributed by atoms with Gasteiger partial charge in [-0.25, -0.2) is 4.98 Å². The lowest BCUT2D eigenvalue weighted by Gasteiger charge is -2.01. The van der Waals surface area contributed by atoms with Crippen molar-refractivity contribution in [3.63, 3.8) is 0 Å². The average molecular weight is 260 g/mol. The van der Waals surface area contributed by atoms with Crippen LogP contribution < -0.4 is 5.32 Å². The molecule has 0 spiro atoms. The van der Waals surface area contributed by atoms with Crippen LogP contribution in [0.2, 0.25) is 0 Å². The molecule has 0 radical (unpaired) electrons. The molecule has 0 aliphatic heterocycles. The Bertz CT molecular complexity index is 537. The zero-order valence-electron chi connectivity index (χ0n) is 11.0. The van der Waals surface area contributed by atoms with Gasteiger partial charge in [0.05, 0.1) is 0 Å². The van der Waals surface area contributed by atoms with Crippen LogP contribution in [0, 0.1) is 0 Å². The number of aromatic nitrogens is 3. The van der Waals surface area contributed by atoms with Crippen LogP contribution in [0.15, 0.2) is 28.9 Å². The van der Waals surface area contributed by atoms with Gasteiger partial charge in [0.1, 0.15) is 5.82 Å². The molecule has 0 fully saturated rings. The maximum Gasteiger partial charge on any atom is 0.227 e. The topological polar surface area (TPSA) is 80.9 Å². The highest BCUT2D eigenvalue weighted by Crippen LogP contribution is 2.11. The fraction of sp³-hybridized carbons (Fsp3) is 0.385. The molecule has 0 aliphatic carbocycles. The number of nitrogens with zero attached hydrogens (tertiary/aromatic N) is 3. The maximum absolute atomic E-state index is 11.7. The molecule has 0 unspecified atom stereocenters. The van der Waals surface area contributed by atoms with Gasteiger partial charge >= 0.3 is 0 Å². The molecule has 0 aromatic carbocycles. The molecule has 6 heteroatoms. The van der Waals surface area contributed by atoms with Crippen molar-refractivity contribution >= 4 is 11.7 Å². The average Bonchev–Trinajstić information content (AvgIpc) is 2.86. The van der Waals surface area contributed by atoms with E-state index in [2.05, 4.69) is 20.4 Å². The minimum absolute atomic E-state index is 0.122. The molecule has 0 bridgehead atoms. The number of carbonyl (C=O) groups excluding carboxylic acids is 1. The first-order chi connectivity index (χ1) is 9.15. The van der Waals surface area contributed by atoms with Crippen LogP contribution in [0.3, 0.4) is 0 Å². The van der Waals surface area contributed by atoms with Crippen LogP contribution in [0.1, 0.15) is 37.9 Å². The molecule has 0 saturated heterocycles. The monoisotopic (exact) mass is 260 g/mol. The van der Waals surface area contributed by atoms with Crippen molar-refractivity contribution in [1.82, 2.24) is 15.1 Å². The van der Waals surface area contributed by atoms with E-state index >= 15 is 0 Å². The van der Waals surface area contributed by atoms with E-state index in [0.717, 1.165) is 0 Å². The smallest absolute Gasteiger partial charge is 0.227 e. The van der Waals surface area contributed by atoms with Crippen LogP contribution in [-0.4, -0.2) is 21.0 Å². The normalized spacial score (nSPS) is 10.7. The summed E-state index contributed by atoms with van der Waals surface area (Å²) in [5.41, 5.74) is 0. The molecule has 0 atom stereocenters. The van der Waals surface area contributed by atoms with Crippen LogP contribution in [-0.2, 0) is 11.2 Å². The van der Waals surface area contributed by atoms with Crippen LogP contribution >= 0.6 is 0 Å². The third-order valence-corrected chi connectivity index (χ3v) is 2.50. The Morgan fingerprint density at radius 2 is 2.26 bits per heavy atom. The first-order valence-electron chi connectivity index (χ1n) is 6.18. The Kier molecular flexibility index (Phi) is 4.22. The van der Waals surface area contributed by atoms with E-state index in [0.29, 0.717) is 24.0 Å². The molecule has 1 N–H and O–H groups in total. The maximum atomic E-state index is 11.7. The second-order valence-electron chi connectivity index (χ2n) is 4.46. The second-order valence-corrected chi connectivity index (χ2v) is 4.46. The zero-order chi connectivity index (χ0) is 13.7. The SMILES string of the molecule is CC(C)c1noc(CCC(=O)Nc2ccccn2)n1. The van der Waals surface area contributed by atoms with Gasteiger partial charge < -0.3 is 9.84 Å². The molecule has 2 heterocycles. The number of anilines is 1. The summed E-state index contributed by atoms with van der Waals surface area (Å²) in [5.74, 6) is 1.80. The van der Waals surface area contributed by atoms with Crippen molar-refractivity contribution in [3.8, 4) is 0 Å². The number of hydrogen-bond acceptors (Lipinski definition) is 5. The molecule has 100 valence electrons. The summed E-state index contributed by atoms with van der Waals surface area (Å²) in [7, 11) is 0. The van der Waals surface area contributed by atoms with E-state index in [1.54, 1.807) is 18.3 Å². The Hall–Kier alpha value is -2.24. The molecule has 2 rings (SSSR count). The van der Waals surface area contributed by atoms with E-state index in [-0.39, 0.29) is 18.2 Å². The summed E-state index contributed by atoms with van der Waals surface area (Å²) in [4.78, 5) is 19.9. The highest BCUT2D eigenvalue weighted by Gasteiger charge is 2.11. The van der Waals surface area contributed by atoms with E-state index in [4.69, 9.17) is 4.52 Å². The third-order valence-electron chi connectivity index (χ3n) is 2.50. The van der Waals surface area contributed by atoms with Gasteiger partial charge in [0.15, 0.2) is 5.82 Å². The minimum Gasteiger partial charge on any atom is -0.339 e. The zero-order valence-corrected chi connectivity index (χ0v) is 11.0. The Morgan fingerprint density at radius 1 is 1.42 bits per heavy atom. The molecule has 0 saturated carbocycles. The predicted octanol–water partition coefficient (Wildman–Crippen LogP) is 2.16. The van der Waals surface area contributed by atoms with Gasteiger partial charge in [-0.05, 0) is 12.1 Å². The van der Waals surface area contributed by atoms with Crippen molar-refractivity contribution < 1.29 is 9.32 Å². The summed E-state index contributed by atoms with van der Waals surface area (Å²) >= 11 is 0. The van der Waals surface area contributed by atoms with E-state index in [9.17, 15) is 4.79 Å². The number of pyridine rings is 1. The molecule has 1 amide bonds. The Morgan fingerprint density at radius 3 is 2.89 bits per heavy atom. The number of aryl methyl sites for hydroxylation is 1. The molecule has 2 aromatic rings.